The van der Waals surface area contributed by atoms with E-state index in [4.69, 9.17) is 9.84 Å². The van der Waals surface area contributed by atoms with Crippen molar-refractivity contribution in [2.75, 3.05) is 0 Å². The predicted molar refractivity (Wildman–Crippen MR) is 72.6 cm³/mol. The van der Waals surface area contributed by atoms with Crippen LogP contribution in [-0.4, -0.2) is 17.2 Å². The molecule has 1 atom stereocenters. The summed E-state index contributed by atoms with van der Waals surface area (Å²) in [5, 5.41) is 10.6. The highest BCUT2D eigenvalue weighted by atomic mass is 19.1. The molecule has 102 valence electrons. The summed E-state index contributed by atoms with van der Waals surface area (Å²) in [6, 6.07) is 7.53. The Balaban J connectivity index is 2.18. The molecule has 1 aliphatic heterocycles. The Hall–Kier alpha value is -2.36. The molecule has 0 saturated heterocycles. The second kappa shape index (κ2) is 4.96. The van der Waals surface area contributed by atoms with E-state index in [0.29, 0.717) is 12.2 Å². The molecule has 0 spiro atoms. The Kier molecular flexibility index (Phi) is 3.14. The third-order valence-electron chi connectivity index (χ3n) is 3.40. The van der Waals surface area contributed by atoms with E-state index in [0.717, 1.165) is 16.0 Å². The van der Waals surface area contributed by atoms with E-state index in [9.17, 15) is 9.18 Å². The lowest BCUT2D eigenvalue weighted by molar-refractivity contribution is -0.137. The van der Waals surface area contributed by atoms with Gasteiger partial charge < -0.3 is 9.84 Å². The number of rotatable bonds is 3. The van der Waals surface area contributed by atoms with E-state index in [1.807, 2.05) is 24.3 Å². The molecule has 3 rings (SSSR count). The fraction of sp³-hybridized carbons (Fsp3) is 0.188. The standard InChI is InChI=1S/C16H13FO3/c17-10-5-6-15-13(9-10)11-3-1-2-4-12(11)14(20-15)7-8-16(18)19/h1-6,9,15H,7-8H2,(H,18,19). The van der Waals surface area contributed by atoms with Crippen molar-refractivity contribution < 1.29 is 19.0 Å². The molecule has 1 unspecified atom stereocenters. The zero-order valence-electron chi connectivity index (χ0n) is 10.7. The van der Waals surface area contributed by atoms with Gasteiger partial charge in [0.1, 0.15) is 17.7 Å². The Morgan fingerprint density at radius 1 is 1.30 bits per heavy atom. The van der Waals surface area contributed by atoms with Crippen LogP contribution < -0.4 is 10.4 Å². The lowest BCUT2D eigenvalue weighted by Crippen LogP contribution is -2.38. The van der Waals surface area contributed by atoms with Gasteiger partial charge in [-0.25, -0.2) is 4.39 Å². The van der Waals surface area contributed by atoms with Crippen LogP contribution in [0.15, 0.2) is 48.3 Å². The fourth-order valence-corrected chi connectivity index (χ4v) is 2.50. The van der Waals surface area contributed by atoms with Crippen molar-refractivity contribution in [3.8, 4) is 0 Å². The van der Waals surface area contributed by atoms with Gasteiger partial charge in [-0.2, -0.15) is 0 Å². The SMILES string of the molecule is O=C(O)CCC1=c2ccccc2=C2C=C(F)C=CC2O1. The number of benzene rings is 1. The topological polar surface area (TPSA) is 46.5 Å². The summed E-state index contributed by atoms with van der Waals surface area (Å²) in [5.74, 6) is -0.515. The molecule has 2 aliphatic rings. The molecule has 1 aromatic rings. The van der Waals surface area contributed by atoms with E-state index in [1.54, 1.807) is 6.08 Å². The first kappa shape index (κ1) is 12.7. The van der Waals surface area contributed by atoms with Gasteiger partial charge >= 0.3 is 5.97 Å². The van der Waals surface area contributed by atoms with Crippen molar-refractivity contribution in [1.29, 1.82) is 0 Å². The average molecular weight is 272 g/mol. The summed E-state index contributed by atoms with van der Waals surface area (Å²) < 4.78 is 19.2. The molecule has 1 aliphatic carbocycles. The maximum Gasteiger partial charge on any atom is 0.303 e. The van der Waals surface area contributed by atoms with E-state index in [2.05, 4.69) is 0 Å². The van der Waals surface area contributed by atoms with Gasteiger partial charge in [0.25, 0.3) is 0 Å². The number of allylic oxidation sites excluding steroid dienone is 2. The molecule has 3 nitrogen and oxygen atoms in total. The summed E-state index contributed by atoms with van der Waals surface area (Å²) in [4.78, 5) is 10.7. The summed E-state index contributed by atoms with van der Waals surface area (Å²) in [6.45, 7) is 0. The van der Waals surface area contributed by atoms with E-state index in [1.165, 1.54) is 12.2 Å². The first-order valence-electron chi connectivity index (χ1n) is 6.41. The van der Waals surface area contributed by atoms with Crippen molar-refractivity contribution in [2.45, 2.75) is 18.9 Å². The minimum atomic E-state index is -0.863. The maximum absolute atomic E-state index is 13.4. The molecule has 1 aromatic carbocycles. The van der Waals surface area contributed by atoms with Crippen LogP contribution in [0.5, 0.6) is 0 Å². The molecular formula is C16H13FO3. The van der Waals surface area contributed by atoms with Crippen LogP contribution >= 0.6 is 0 Å². The molecule has 0 aromatic heterocycles. The molecule has 0 amide bonds. The van der Waals surface area contributed by atoms with Crippen molar-refractivity contribution in [2.24, 2.45) is 0 Å². The molecule has 20 heavy (non-hydrogen) atoms. The quantitative estimate of drug-likeness (QED) is 0.909. The summed E-state index contributed by atoms with van der Waals surface area (Å²) in [5.41, 5.74) is 0.777. The van der Waals surface area contributed by atoms with Gasteiger partial charge in [-0.15, -0.1) is 0 Å². The van der Waals surface area contributed by atoms with Gasteiger partial charge in [0, 0.05) is 17.2 Å². The van der Waals surface area contributed by atoms with Crippen LogP contribution in [0.25, 0.3) is 11.3 Å². The minimum Gasteiger partial charge on any atom is -0.485 e. The van der Waals surface area contributed by atoms with Crippen molar-refractivity contribution in [1.82, 2.24) is 0 Å². The fourth-order valence-electron chi connectivity index (χ4n) is 2.50. The van der Waals surface area contributed by atoms with Gasteiger partial charge in [0.15, 0.2) is 0 Å². The number of carbonyl (C=O) groups is 1. The Morgan fingerprint density at radius 3 is 2.80 bits per heavy atom. The van der Waals surface area contributed by atoms with Gasteiger partial charge in [0.05, 0.1) is 6.42 Å². The van der Waals surface area contributed by atoms with Crippen molar-refractivity contribution >= 4 is 17.3 Å². The molecule has 1 heterocycles. The summed E-state index contributed by atoms with van der Waals surface area (Å²) >= 11 is 0. The first-order chi connectivity index (χ1) is 9.65. The van der Waals surface area contributed by atoms with Gasteiger partial charge in [-0.05, 0) is 23.4 Å². The normalized spacial score (nSPS) is 19.9. The van der Waals surface area contributed by atoms with Crippen LogP contribution in [0.2, 0.25) is 0 Å². The van der Waals surface area contributed by atoms with Crippen LogP contribution in [0.4, 0.5) is 4.39 Å². The van der Waals surface area contributed by atoms with Gasteiger partial charge in [-0.3, -0.25) is 4.79 Å². The second-order valence-electron chi connectivity index (χ2n) is 4.74. The number of halogens is 1. The van der Waals surface area contributed by atoms with Crippen molar-refractivity contribution in [3.05, 3.63) is 58.8 Å². The van der Waals surface area contributed by atoms with Gasteiger partial charge in [0.2, 0.25) is 0 Å². The summed E-state index contributed by atoms with van der Waals surface area (Å²) in [6.07, 6.45) is 4.50. The number of fused-ring (bicyclic) bond motifs is 2. The molecule has 0 fully saturated rings. The molecule has 4 heteroatoms. The number of carboxylic acid groups (broad SMARTS) is 1. The maximum atomic E-state index is 13.4. The third kappa shape index (κ3) is 2.25. The summed E-state index contributed by atoms with van der Waals surface area (Å²) in [7, 11) is 0. The van der Waals surface area contributed by atoms with Crippen LogP contribution in [0.1, 0.15) is 12.8 Å². The van der Waals surface area contributed by atoms with E-state index in [-0.39, 0.29) is 18.4 Å². The molecule has 1 N–H and O–H groups in total. The van der Waals surface area contributed by atoms with Crippen LogP contribution in [0.3, 0.4) is 0 Å². The number of aliphatic carboxylic acids is 1. The average Bonchev–Trinajstić information content (AvgIpc) is 2.45. The first-order valence-corrected chi connectivity index (χ1v) is 6.41. The molecule has 0 saturated carbocycles. The zero-order chi connectivity index (χ0) is 14.1. The molecular weight excluding hydrogens is 259 g/mol. The Morgan fingerprint density at radius 2 is 2.05 bits per heavy atom. The predicted octanol–water partition coefficient (Wildman–Crippen LogP) is 1.63. The van der Waals surface area contributed by atoms with Gasteiger partial charge in [-0.1, -0.05) is 24.3 Å². The largest absolute Gasteiger partial charge is 0.485 e. The lowest BCUT2D eigenvalue weighted by Gasteiger charge is -2.25. The lowest BCUT2D eigenvalue weighted by atomic mass is 9.96. The highest BCUT2D eigenvalue weighted by Gasteiger charge is 2.22. The number of hydrogen-bond acceptors (Lipinski definition) is 2. The van der Waals surface area contributed by atoms with Crippen molar-refractivity contribution in [3.63, 3.8) is 0 Å². The monoisotopic (exact) mass is 272 g/mol. The Bertz CT molecular complexity index is 743. The van der Waals surface area contributed by atoms with Crippen LogP contribution in [0, 0.1) is 0 Å². The highest BCUT2D eigenvalue weighted by Crippen LogP contribution is 2.25. The number of ether oxygens (including phenoxy) is 1. The smallest absolute Gasteiger partial charge is 0.303 e. The molecule has 0 radical (unpaired) electrons. The second-order valence-corrected chi connectivity index (χ2v) is 4.74. The third-order valence-corrected chi connectivity index (χ3v) is 3.40. The van der Waals surface area contributed by atoms with E-state index >= 15 is 0 Å². The zero-order valence-corrected chi connectivity index (χ0v) is 10.7. The number of hydrogen-bond donors (Lipinski definition) is 1. The minimum absolute atomic E-state index is 0.0135. The van der Waals surface area contributed by atoms with E-state index < -0.39 is 5.97 Å². The Labute approximate surface area is 115 Å². The molecule has 0 bridgehead atoms. The van der Waals surface area contributed by atoms with Crippen LogP contribution in [-0.2, 0) is 9.53 Å². The highest BCUT2D eigenvalue weighted by molar-refractivity contribution is 5.71. The number of carboxylic acids is 1.